The van der Waals surface area contributed by atoms with Crippen LogP contribution in [0.25, 0.3) is 17.0 Å². The van der Waals surface area contributed by atoms with E-state index in [1.807, 2.05) is 11.0 Å². The molecule has 11 heteroatoms. The van der Waals surface area contributed by atoms with Crippen LogP contribution < -0.4 is 0 Å². The van der Waals surface area contributed by atoms with Gasteiger partial charge in [-0.25, -0.2) is 0 Å². The minimum atomic E-state index is -4.52. The summed E-state index contributed by atoms with van der Waals surface area (Å²) in [5, 5.41) is 15.4. The van der Waals surface area contributed by atoms with Crippen LogP contribution in [0.4, 0.5) is 13.2 Å². The summed E-state index contributed by atoms with van der Waals surface area (Å²) >= 11 is 7.09. The number of benzene rings is 2. The van der Waals surface area contributed by atoms with Gasteiger partial charge in [-0.2, -0.15) is 23.3 Å². The standard InChI is InChI=1S/C24H20ClF3N4O2S/c25-17-3-2-15(19(11-17)24(26,27)28)13-32-20-4-1-14(9-16(20)12-29-32)10-21-22(34)30-23(35-21)31-7-5-18(33)6-8-31/h1-4,9-12,18,33H,5-8,13H2. The van der Waals surface area contributed by atoms with Crippen LogP contribution in [0.5, 0.6) is 0 Å². The predicted octanol–water partition coefficient (Wildman–Crippen LogP) is 5.18. The van der Waals surface area contributed by atoms with Gasteiger partial charge in [0.25, 0.3) is 5.91 Å². The molecular formula is C24H20ClF3N4O2S. The quantitative estimate of drug-likeness (QED) is 0.482. The molecule has 35 heavy (non-hydrogen) atoms. The lowest BCUT2D eigenvalue weighted by atomic mass is 10.1. The van der Waals surface area contributed by atoms with Crippen molar-refractivity contribution in [3.63, 3.8) is 0 Å². The van der Waals surface area contributed by atoms with E-state index in [0.29, 0.717) is 41.5 Å². The molecule has 0 radical (unpaired) electrons. The monoisotopic (exact) mass is 520 g/mol. The minimum absolute atomic E-state index is 0.0217. The molecule has 0 saturated carbocycles. The van der Waals surface area contributed by atoms with E-state index in [2.05, 4.69) is 10.1 Å². The highest BCUT2D eigenvalue weighted by molar-refractivity contribution is 8.18. The van der Waals surface area contributed by atoms with Crippen LogP contribution >= 0.6 is 23.4 Å². The number of alkyl halides is 3. The smallest absolute Gasteiger partial charge is 0.393 e. The van der Waals surface area contributed by atoms with Gasteiger partial charge in [0.1, 0.15) is 0 Å². The molecule has 3 aromatic rings. The number of aliphatic hydroxyl groups is 1. The van der Waals surface area contributed by atoms with Gasteiger partial charge in [0, 0.05) is 23.5 Å². The first kappa shape index (κ1) is 23.9. The molecular weight excluding hydrogens is 501 g/mol. The largest absolute Gasteiger partial charge is 0.416 e. The molecule has 2 aliphatic heterocycles. The van der Waals surface area contributed by atoms with Crippen molar-refractivity contribution >= 4 is 51.4 Å². The van der Waals surface area contributed by atoms with Gasteiger partial charge in [0.15, 0.2) is 5.17 Å². The fourth-order valence-corrected chi connectivity index (χ4v) is 5.31. The first-order chi connectivity index (χ1) is 16.7. The predicted molar refractivity (Wildman–Crippen MR) is 130 cm³/mol. The molecule has 1 aromatic heterocycles. The second kappa shape index (κ2) is 9.33. The maximum atomic E-state index is 13.5. The van der Waals surface area contributed by atoms with Gasteiger partial charge < -0.3 is 10.0 Å². The van der Waals surface area contributed by atoms with Crippen molar-refractivity contribution in [2.45, 2.75) is 31.7 Å². The van der Waals surface area contributed by atoms with E-state index in [-0.39, 0.29) is 29.1 Å². The number of aliphatic hydroxyl groups excluding tert-OH is 1. The summed E-state index contributed by atoms with van der Waals surface area (Å²) in [7, 11) is 0. The van der Waals surface area contributed by atoms with E-state index in [0.717, 1.165) is 17.0 Å². The van der Waals surface area contributed by atoms with Gasteiger partial charge in [-0.15, -0.1) is 0 Å². The molecule has 1 amide bonds. The Morgan fingerprint density at radius 2 is 1.94 bits per heavy atom. The summed E-state index contributed by atoms with van der Waals surface area (Å²) in [6.07, 6.45) is -0.202. The third-order valence-electron chi connectivity index (χ3n) is 6.01. The van der Waals surface area contributed by atoms with Crippen molar-refractivity contribution in [3.8, 4) is 0 Å². The fourth-order valence-electron chi connectivity index (χ4n) is 4.17. The Balaban J connectivity index is 1.36. The van der Waals surface area contributed by atoms with Crippen LogP contribution in [0, 0.1) is 0 Å². The molecule has 0 bridgehead atoms. The molecule has 1 fully saturated rings. The molecule has 182 valence electrons. The van der Waals surface area contributed by atoms with Crippen molar-refractivity contribution in [3.05, 3.63) is 69.2 Å². The van der Waals surface area contributed by atoms with E-state index in [9.17, 15) is 23.1 Å². The number of halogens is 4. The zero-order chi connectivity index (χ0) is 24.7. The first-order valence-electron chi connectivity index (χ1n) is 10.9. The van der Waals surface area contributed by atoms with Gasteiger partial charge in [0.2, 0.25) is 0 Å². The molecule has 2 aromatic carbocycles. The van der Waals surface area contributed by atoms with E-state index >= 15 is 0 Å². The van der Waals surface area contributed by atoms with E-state index < -0.39 is 11.7 Å². The number of aromatic nitrogens is 2. The number of hydrogen-bond acceptors (Lipinski definition) is 5. The number of aliphatic imine (C=N–C) groups is 1. The molecule has 0 atom stereocenters. The number of nitrogens with zero attached hydrogens (tertiary/aromatic N) is 4. The second-order valence-corrected chi connectivity index (χ2v) is 9.89. The lowest BCUT2D eigenvalue weighted by Crippen LogP contribution is -2.38. The maximum Gasteiger partial charge on any atom is 0.416 e. The van der Waals surface area contributed by atoms with Crippen molar-refractivity contribution < 1.29 is 23.1 Å². The topological polar surface area (TPSA) is 70.7 Å². The number of thioether (sulfide) groups is 1. The number of amidine groups is 1. The van der Waals surface area contributed by atoms with E-state index in [1.165, 1.54) is 28.6 Å². The number of fused-ring (bicyclic) bond motifs is 1. The average molecular weight is 521 g/mol. The van der Waals surface area contributed by atoms with Gasteiger partial charge in [-0.1, -0.05) is 23.7 Å². The summed E-state index contributed by atoms with van der Waals surface area (Å²) < 4.78 is 41.9. The zero-order valence-corrected chi connectivity index (χ0v) is 19.9. The third-order valence-corrected chi connectivity index (χ3v) is 7.28. The summed E-state index contributed by atoms with van der Waals surface area (Å²) in [4.78, 5) is 19.1. The minimum Gasteiger partial charge on any atom is -0.393 e. The van der Waals surface area contributed by atoms with E-state index in [4.69, 9.17) is 11.6 Å². The zero-order valence-electron chi connectivity index (χ0n) is 18.3. The molecule has 0 unspecified atom stereocenters. The Bertz CT molecular complexity index is 1360. The Morgan fingerprint density at radius 1 is 1.17 bits per heavy atom. The highest BCUT2D eigenvalue weighted by Crippen LogP contribution is 2.35. The first-order valence-corrected chi connectivity index (χ1v) is 12.1. The molecule has 0 spiro atoms. The van der Waals surface area contributed by atoms with Crippen molar-refractivity contribution in [2.75, 3.05) is 13.1 Å². The normalized spacial score (nSPS) is 18.7. The summed E-state index contributed by atoms with van der Waals surface area (Å²) in [6, 6.07) is 9.12. The molecule has 5 rings (SSSR count). The summed E-state index contributed by atoms with van der Waals surface area (Å²) in [5.41, 5.74) is 0.720. The summed E-state index contributed by atoms with van der Waals surface area (Å²) in [5.74, 6) is -0.311. The molecule has 6 nitrogen and oxygen atoms in total. The van der Waals surface area contributed by atoms with E-state index in [1.54, 1.807) is 24.4 Å². The van der Waals surface area contributed by atoms with Crippen LogP contribution in [0.3, 0.4) is 0 Å². The maximum absolute atomic E-state index is 13.5. The molecule has 1 N–H and O–H groups in total. The van der Waals surface area contributed by atoms with Crippen LogP contribution in [-0.2, 0) is 17.5 Å². The van der Waals surface area contributed by atoms with Gasteiger partial charge >= 0.3 is 6.18 Å². The van der Waals surface area contributed by atoms with Gasteiger partial charge in [-0.05, 0) is 66.1 Å². The lowest BCUT2D eigenvalue weighted by molar-refractivity contribution is -0.138. The third kappa shape index (κ3) is 5.10. The highest BCUT2D eigenvalue weighted by Gasteiger charge is 2.34. The number of piperidine rings is 1. The molecule has 2 aliphatic rings. The lowest BCUT2D eigenvalue weighted by Gasteiger charge is -2.30. The molecule has 0 aliphatic carbocycles. The van der Waals surface area contributed by atoms with Crippen molar-refractivity contribution in [2.24, 2.45) is 4.99 Å². The van der Waals surface area contributed by atoms with Gasteiger partial charge in [0.05, 0.1) is 34.8 Å². The van der Waals surface area contributed by atoms with Crippen molar-refractivity contribution in [1.82, 2.24) is 14.7 Å². The number of hydrogen-bond donors (Lipinski definition) is 1. The van der Waals surface area contributed by atoms with Crippen molar-refractivity contribution in [1.29, 1.82) is 0 Å². The van der Waals surface area contributed by atoms with Crippen LogP contribution in [0.15, 0.2) is 52.5 Å². The second-order valence-electron chi connectivity index (χ2n) is 8.45. The van der Waals surface area contributed by atoms with Crippen LogP contribution in [-0.4, -0.2) is 50.1 Å². The van der Waals surface area contributed by atoms with Crippen LogP contribution in [0.2, 0.25) is 5.02 Å². The average Bonchev–Trinajstić information content (AvgIpc) is 3.38. The Labute approximate surface area is 208 Å². The molecule has 1 saturated heterocycles. The van der Waals surface area contributed by atoms with Gasteiger partial charge in [-0.3, -0.25) is 9.48 Å². The SMILES string of the molecule is O=C1N=C(N2CCC(O)CC2)SC1=Cc1ccc2c(cnn2Cc2ccc(Cl)cc2C(F)(F)F)c1. The Morgan fingerprint density at radius 3 is 2.69 bits per heavy atom. The Kier molecular flexibility index (Phi) is 6.37. The van der Waals surface area contributed by atoms with Crippen LogP contribution in [0.1, 0.15) is 29.5 Å². The highest BCUT2D eigenvalue weighted by atomic mass is 35.5. The molecule has 3 heterocycles. The number of carbonyl (C=O) groups excluding carboxylic acids is 1. The number of likely N-dealkylation sites (tertiary alicyclic amines) is 1. The Hall–Kier alpha value is -2.82. The summed E-state index contributed by atoms with van der Waals surface area (Å²) in [6.45, 7) is 1.25. The number of rotatable bonds is 3. The number of amides is 1. The number of carbonyl (C=O) groups is 1. The fraction of sp³-hybridized carbons (Fsp3) is 0.292.